The zero-order valence-corrected chi connectivity index (χ0v) is 16.2. The molecule has 0 atom stereocenters. The Bertz CT molecular complexity index is 868. The number of rotatable bonds is 7. The van der Waals surface area contributed by atoms with Gasteiger partial charge in [0.15, 0.2) is 6.61 Å². The van der Waals surface area contributed by atoms with Gasteiger partial charge in [-0.3, -0.25) is 4.79 Å². The summed E-state index contributed by atoms with van der Waals surface area (Å²) in [6.07, 6.45) is 2.47. The van der Waals surface area contributed by atoms with Crippen LogP contribution < -0.4 is 10.1 Å². The summed E-state index contributed by atoms with van der Waals surface area (Å²) in [5, 5.41) is 2.78. The number of para-hydroxylation sites is 1. The van der Waals surface area contributed by atoms with Crippen LogP contribution in [0.15, 0.2) is 54.1 Å². The third-order valence-electron chi connectivity index (χ3n) is 4.61. The number of hydrogen-bond acceptors (Lipinski definition) is 4. The fourth-order valence-electron chi connectivity index (χ4n) is 2.92. The summed E-state index contributed by atoms with van der Waals surface area (Å²) in [4.78, 5) is 24.1. The topological polar surface area (TPSA) is 64.6 Å². The van der Waals surface area contributed by atoms with Crippen LogP contribution in [0.3, 0.4) is 0 Å². The van der Waals surface area contributed by atoms with Gasteiger partial charge in [-0.1, -0.05) is 56.3 Å². The van der Waals surface area contributed by atoms with Gasteiger partial charge in [0.05, 0.1) is 5.57 Å². The lowest BCUT2D eigenvalue weighted by Gasteiger charge is -2.16. The van der Waals surface area contributed by atoms with Crippen LogP contribution in [0, 0.1) is 0 Å². The largest absolute Gasteiger partial charge is 0.488 e. The predicted molar refractivity (Wildman–Crippen MR) is 108 cm³/mol. The maximum absolute atomic E-state index is 12.1. The van der Waals surface area contributed by atoms with Crippen molar-refractivity contribution in [3.63, 3.8) is 0 Å². The van der Waals surface area contributed by atoms with E-state index in [2.05, 4.69) is 43.4 Å². The zero-order valence-electron chi connectivity index (χ0n) is 16.2. The summed E-state index contributed by atoms with van der Waals surface area (Å²) in [5.74, 6) is 0.388. The molecule has 1 N–H and O–H groups in total. The Hall–Kier alpha value is -3.08. The maximum Gasteiger partial charge on any atom is 0.338 e. The van der Waals surface area contributed by atoms with E-state index in [0.29, 0.717) is 18.0 Å². The molecular formula is C23H25NO4. The van der Waals surface area contributed by atoms with E-state index in [1.165, 1.54) is 5.56 Å². The highest BCUT2D eigenvalue weighted by atomic mass is 16.5. The molecule has 0 radical (unpaired) electrons. The highest BCUT2D eigenvalue weighted by Crippen LogP contribution is 2.26. The monoisotopic (exact) mass is 379 g/mol. The van der Waals surface area contributed by atoms with E-state index >= 15 is 0 Å². The molecule has 0 spiro atoms. The van der Waals surface area contributed by atoms with Crippen LogP contribution in [0.5, 0.6) is 5.75 Å². The quantitative estimate of drug-likeness (QED) is 0.748. The van der Waals surface area contributed by atoms with Crippen molar-refractivity contribution in [3.05, 3.63) is 70.8 Å². The molecular weight excluding hydrogens is 354 g/mol. The molecule has 3 rings (SSSR count). The van der Waals surface area contributed by atoms with Crippen LogP contribution in [0.25, 0.3) is 6.08 Å². The average molecular weight is 379 g/mol. The standard InChI is InChI=1S/C23H25NO4/c1-16(2)18-9-7-17(8-10-18)11-12-24-22(25)15-28-23(26)20-13-19-5-3-4-6-21(19)27-14-20/h3-10,13,16H,11-12,14-15H2,1-2H3,(H,24,25). The van der Waals surface area contributed by atoms with E-state index in [9.17, 15) is 9.59 Å². The molecule has 0 fully saturated rings. The van der Waals surface area contributed by atoms with Crippen molar-refractivity contribution >= 4 is 18.0 Å². The van der Waals surface area contributed by atoms with Gasteiger partial charge in [-0.05, 0) is 35.6 Å². The van der Waals surface area contributed by atoms with Crippen molar-refractivity contribution in [2.24, 2.45) is 0 Å². The van der Waals surface area contributed by atoms with Crippen molar-refractivity contribution in [1.82, 2.24) is 5.32 Å². The second kappa shape index (κ2) is 9.22. The Morgan fingerprint density at radius 1 is 1.11 bits per heavy atom. The lowest BCUT2D eigenvalue weighted by Crippen LogP contribution is -2.31. The van der Waals surface area contributed by atoms with Gasteiger partial charge in [0.25, 0.3) is 5.91 Å². The van der Waals surface area contributed by atoms with Crippen LogP contribution in [-0.2, 0) is 20.7 Å². The van der Waals surface area contributed by atoms with Crippen molar-refractivity contribution in [2.45, 2.75) is 26.2 Å². The minimum atomic E-state index is -0.533. The van der Waals surface area contributed by atoms with Gasteiger partial charge >= 0.3 is 5.97 Å². The van der Waals surface area contributed by atoms with Gasteiger partial charge in [0.2, 0.25) is 0 Å². The Morgan fingerprint density at radius 2 is 1.86 bits per heavy atom. The number of carbonyl (C=O) groups is 2. The Morgan fingerprint density at radius 3 is 2.61 bits per heavy atom. The van der Waals surface area contributed by atoms with Crippen molar-refractivity contribution in [3.8, 4) is 5.75 Å². The van der Waals surface area contributed by atoms with Crippen molar-refractivity contribution in [1.29, 1.82) is 0 Å². The number of amides is 1. The zero-order chi connectivity index (χ0) is 19.9. The van der Waals surface area contributed by atoms with Gasteiger partial charge in [-0.2, -0.15) is 0 Å². The Kier molecular flexibility index (Phi) is 6.48. The number of nitrogens with one attached hydrogen (secondary N) is 1. The predicted octanol–water partition coefficient (Wildman–Crippen LogP) is 3.49. The molecule has 1 aliphatic rings. The Balaban J connectivity index is 1.41. The van der Waals surface area contributed by atoms with Crippen LogP contribution >= 0.6 is 0 Å². The number of hydrogen-bond donors (Lipinski definition) is 1. The fraction of sp³-hybridized carbons (Fsp3) is 0.304. The van der Waals surface area contributed by atoms with Crippen LogP contribution in [0.4, 0.5) is 0 Å². The molecule has 0 aromatic heterocycles. The molecule has 28 heavy (non-hydrogen) atoms. The summed E-state index contributed by atoms with van der Waals surface area (Å²) in [6.45, 7) is 4.65. The molecule has 1 aliphatic heterocycles. The first-order valence-electron chi connectivity index (χ1n) is 9.48. The first-order valence-corrected chi connectivity index (χ1v) is 9.48. The summed E-state index contributed by atoms with van der Waals surface area (Å²) < 4.78 is 10.6. The van der Waals surface area contributed by atoms with E-state index in [0.717, 1.165) is 23.3 Å². The highest BCUT2D eigenvalue weighted by Gasteiger charge is 2.19. The number of carbonyl (C=O) groups excluding carboxylic acids is 2. The third-order valence-corrected chi connectivity index (χ3v) is 4.61. The van der Waals surface area contributed by atoms with E-state index in [-0.39, 0.29) is 19.1 Å². The second-order valence-electron chi connectivity index (χ2n) is 7.07. The fourth-order valence-corrected chi connectivity index (χ4v) is 2.92. The average Bonchev–Trinajstić information content (AvgIpc) is 2.72. The summed E-state index contributed by atoms with van der Waals surface area (Å²) in [7, 11) is 0. The molecule has 5 nitrogen and oxygen atoms in total. The van der Waals surface area contributed by atoms with Gasteiger partial charge in [0, 0.05) is 12.1 Å². The first kappa shape index (κ1) is 19.7. The number of fused-ring (bicyclic) bond motifs is 1. The molecule has 0 saturated carbocycles. The van der Waals surface area contributed by atoms with Gasteiger partial charge in [-0.25, -0.2) is 4.79 Å². The molecule has 0 saturated heterocycles. The number of benzene rings is 2. The minimum absolute atomic E-state index is 0.143. The van der Waals surface area contributed by atoms with Crippen molar-refractivity contribution < 1.29 is 19.1 Å². The number of ether oxygens (including phenoxy) is 2. The molecule has 2 aromatic rings. The lowest BCUT2D eigenvalue weighted by molar-refractivity contribution is -0.145. The van der Waals surface area contributed by atoms with Crippen LogP contribution in [0.1, 0.15) is 36.5 Å². The minimum Gasteiger partial charge on any atom is -0.488 e. The molecule has 1 amide bonds. The van der Waals surface area contributed by atoms with Gasteiger partial charge < -0.3 is 14.8 Å². The highest BCUT2D eigenvalue weighted by molar-refractivity contribution is 5.96. The number of esters is 1. The molecule has 146 valence electrons. The van der Waals surface area contributed by atoms with E-state index in [4.69, 9.17) is 9.47 Å². The van der Waals surface area contributed by atoms with Gasteiger partial charge in [0.1, 0.15) is 12.4 Å². The van der Waals surface area contributed by atoms with Crippen LogP contribution in [-0.4, -0.2) is 31.6 Å². The summed E-state index contributed by atoms with van der Waals surface area (Å²) in [6, 6.07) is 15.8. The smallest absolute Gasteiger partial charge is 0.338 e. The molecule has 1 heterocycles. The first-order chi connectivity index (χ1) is 13.5. The van der Waals surface area contributed by atoms with E-state index in [1.54, 1.807) is 6.08 Å². The van der Waals surface area contributed by atoms with Crippen LogP contribution in [0.2, 0.25) is 0 Å². The third kappa shape index (κ3) is 5.22. The normalized spacial score (nSPS) is 12.6. The SMILES string of the molecule is CC(C)c1ccc(CCNC(=O)COC(=O)C2=Cc3ccccc3OC2)cc1. The lowest BCUT2D eigenvalue weighted by atomic mass is 10.0. The molecule has 5 heteroatoms. The van der Waals surface area contributed by atoms with Crippen molar-refractivity contribution in [2.75, 3.05) is 19.8 Å². The maximum atomic E-state index is 12.1. The van der Waals surface area contributed by atoms with E-state index in [1.807, 2.05) is 24.3 Å². The molecule has 0 aliphatic carbocycles. The second-order valence-corrected chi connectivity index (χ2v) is 7.07. The Labute approximate surface area is 165 Å². The van der Waals surface area contributed by atoms with Gasteiger partial charge in [-0.15, -0.1) is 0 Å². The summed E-state index contributed by atoms with van der Waals surface area (Å²) >= 11 is 0. The summed E-state index contributed by atoms with van der Waals surface area (Å²) in [5.41, 5.74) is 3.68. The molecule has 0 bridgehead atoms. The molecule has 0 unspecified atom stereocenters. The van der Waals surface area contributed by atoms with E-state index < -0.39 is 5.97 Å². The molecule has 2 aromatic carbocycles.